The summed E-state index contributed by atoms with van der Waals surface area (Å²) in [5, 5.41) is 11.7. The molecule has 2 aliphatic heterocycles. The summed E-state index contributed by atoms with van der Waals surface area (Å²) < 4.78 is 42.9. The van der Waals surface area contributed by atoms with Crippen molar-refractivity contribution < 1.29 is 27.8 Å². The van der Waals surface area contributed by atoms with Crippen molar-refractivity contribution in [1.82, 2.24) is 9.88 Å². The van der Waals surface area contributed by atoms with E-state index in [-0.39, 0.29) is 24.9 Å². The highest BCUT2D eigenvalue weighted by Gasteiger charge is 2.43. The van der Waals surface area contributed by atoms with Crippen LogP contribution in [-0.2, 0) is 15.7 Å². The van der Waals surface area contributed by atoms with Crippen molar-refractivity contribution in [3.05, 3.63) is 16.1 Å². The Morgan fingerprint density at radius 2 is 2.13 bits per heavy atom. The van der Waals surface area contributed by atoms with Gasteiger partial charge in [-0.15, -0.1) is 11.3 Å². The monoisotopic (exact) mass is 350 g/mol. The summed E-state index contributed by atoms with van der Waals surface area (Å²) in [4.78, 5) is 17.6. The molecule has 5 nitrogen and oxygen atoms in total. The van der Waals surface area contributed by atoms with Crippen molar-refractivity contribution in [2.75, 3.05) is 26.3 Å². The minimum Gasteiger partial charge on any atom is -0.378 e. The number of amides is 1. The van der Waals surface area contributed by atoms with Crippen LogP contribution in [0.5, 0.6) is 0 Å². The van der Waals surface area contributed by atoms with Gasteiger partial charge in [-0.2, -0.15) is 13.2 Å². The Kier molecular flexibility index (Phi) is 4.37. The molecule has 0 radical (unpaired) electrons. The van der Waals surface area contributed by atoms with Gasteiger partial charge in [-0.25, -0.2) is 4.98 Å². The number of nitrogens with zero attached hydrogens (tertiary/aromatic N) is 2. The summed E-state index contributed by atoms with van der Waals surface area (Å²) in [5.41, 5.74) is -2.30. The van der Waals surface area contributed by atoms with E-state index in [9.17, 15) is 23.1 Å². The number of piperidine rings is 1. The normalized spacial score (nSPS) is 26.7. The van der Waals surface area contributed by atoms with Crippen LogP contribution in [-0.4, -0.2) is 52.8 Å². The molecule has 1 atom stereocenters. The van der Waals surface area contributed by atoms with E-state index in [1.807, 2.05) is 0 Å². The SMILES string of the molecule is O=C(N1CCC(c2nc(C(F)(F)F)cs2)CC1)C1(O)CCOC1. The largest absolute Gasteiger partial charge is 0.434 e. The molecule has 0 aromatic carbocycles. The standard InChI is InChI=1S/C14H17F3N2O3S/c15-14(16,17)10-7-23-11(18-10)9-1-4-19(5-2-9)12(20)13(21)3-6-22-8-13/h7,9,21H,1-6,8H2. The Hall–Kier alpha value is -1.19. The number of rotatable bonds is 2. The van der Waals surface area contributed by atoms with Gasteiger partial charge < -0.3 is 14.7 Å². The molecule has 0 bridgehead atoms. The molecule has 3 rings (SSSR count). The first-order chi connectivity index (χ1) is 10.8. The topological polar surface area (TPSA) is 62.7 Å². The van der Waals surface area contributed by atoms with Gasteiger partial charge in [-0.05, 0) is 12.8 Å². The molecular formula is C14H17F3N2O3S. The van der Waals surface area contributed by atoms with Gasteiger partial charge in [0.2, 0.25) is 0 Å². The summed E-state index contributed by atoms with van der Waals surface area (Å²) in [5.74, 6) is -0.418. The third-order valence-electron chi connectivity index (χ3n) is 4.34. The van der Waals surface area contributed by atoms with Crippen LogP contribution in [0.25, 0.3) is 0 Å². The molecule has 0 aliphatic carbocycles. The number of aliphatic hydroxyl groups is 1. The Morgan fingerprint density at radius 1 is 1.43 bits per heavy atom. The fourth-order valence-corrected chi connectivity index (χ4v) is 3.95. The summed E-state index contributed by atoms with van der Waals surface area (Å²) >= 11 is 1.01. The number of alkyl halides is 3. The lowest BCUT2D eigenvalue weighted by Crippen LogP contribution is -2.51. The second kappa shape index (κ2) is 6.03. The second-order valence-electron chi connectivity index (χ2n) is 5.97. The molecule has 2 fully saturated rings. The summed E-state index contributed by atoms with van der Waals surface area (Å²) in [7, 11) is 0. The van der Waals surface area contributed by atoms with Gasteiger partial charge in [0.25, 0.3) is 5.91 Å². The lowest BCUT2D eigenvalue weighted by Gasteiger charge is -2.35. The Balaban J connectivity index is 1.60. The van der Waals surface area contributed by atoms with Gasteiger partial charge in [0.15, 0.2) is 11.3 Å². The third-order valence-corrected chi connectivity index (χ3v) is 5.35. The lowest BCUT2D eigenvalue weighted by atomic mass is 9.94. The van der Waals surface area contributed by atoms with Crippen LogP contribution in [0.4, 0.5) is 13.2 Å². The van der Waals surface area contributed by atoms with Crippen LogP contribution < -0.4 is 0 Å². The van der Waals surface area contributed by atoms with Crippen molar-refractivity contribution in [1.29, 1.82) is 0 Å². The van der Waals surface area contributed by atoms with Crippen LogP contribution in [0, 0.1) is 0 Å². The molecule has 3 heterocycles. The maximum Gasteiger partial charge on any atom is 0.434 e. The molecule has 9 heteroatoms. The van der Waals surface area contributed by atoms with Crippen molar-refractivity contribution in [3.8, 4) is 0 Å². The highest BCUT2D eigenvalue weighted by Crippen LogP contribution is 2.36. The van der Waals surface area contributed by atoms with Crippen LogP contribution in [0.3, 0.4) is 0 Å². The number of carbonyl (C=O) groups excluding carboxylic acids is 1. The molecule has 1 unspecified atom stereocenters. The highest BCUT2D eigenvalue weighted by molar-refractivity contribution is 7.09. The molecule has 0 spiro atoms. The van der Waals surface area contributed by atoms with Crippen molar-refractivity contribution in [2.45, 2.75) is 37.0 Å². The number of hydrogen-bond acceptors (Lipinski definition) is 5. The molecule has 1 N–H and O–H groups in total. The highest BCUT2D eigenvalue weighted by atomic mass is 32.1. The van der Waals surface area contributed by atoms with Gasteiger partial charge >= 0.3 is 6.18 Å². The van der Waals surface area contributed by atoms with E-state index in [0.717, 1.165) is 16.7 Å². The fraction of sp³-hybridized carbons (Fsp3) is 0.714. The minimum atomic E-state index is -4.42. The van der Waals surface area contributed by atoms with Crippen molar-refractivity contribution in [3.63, 3.8) is 0 Å². The number of thiazole rings is 1. The van der Waals surface area contributed by atoms with E-state index in [4.69, 9.17) is 4.74 Å². The molecule has 1 aromatic rings. The molecule has 128 valence electrons. The summed E-state index contributed by atoms with van der Waals surface area (Å²) in [6, 6.07) is 0. The number of carbonyl (C=O) groups is 1. The van der Waals surface area contributed by atoms with E-state index in [0.29, 0.717) is 37.5 Å². The Bertz CT molecular complexity index is 576. The van der Waals surface area contributed by atoms with E-state index in [1.165, 1.54) is 0 Å². The van der Waals surface area contributed by atoms with Crippen molar-refractivity contribution >= 4 is 17.2 Å². The van der Waals surface area contributed by atoms with Crippen LogP contribution in [0.2, 0.25) is 0 Å². The molecule has 2 saturated heterocycles. The van der Waals surface area contributed by atoms with Gasteiger partial charge in [0, 0.05) is 30.8 Å². The van der Waals surface area contributed by atoms with Crippen LogP contribution in [0.1, 0.15) is 35.9 Å². The maximum atomic E-state index is 12.6. The predicted molar refractivity (Wildman–Crippen MR) is 76.1 cm³/mol. The average Bonchev–Trinajstić information content (AvgIpc) is 3.16. The Morgan fingerprint density at radius 3 is 2.65 bits per heavy atom. The first-order valence-corrected chi connectivity index (χ1v) is 8.30. The zero-order valence-electron chi connectivity index (χ0n) is 12.3. The number of ether oxygens (including phenoxy) is 1. The van der Waals surface area contributed by atoms with Gasteiger partial charge in [0.05, 0.1) is 18.2 Å². The molecule has 0 saturated carbocycles. The van der Waals surface area contributed by atoms with Crippen molar-refractivity contribution in [2.24, 2.45) is 0 Å². The van der Waals surface area contributed by atoms with E-state index >= 15 is 0 Å². The minimum absolute atomic E-state index is 0.00713. The first-order valence-electron chi connectivity index (χ1n) is 7.42. The molecule has 1 amide bonds. The van der Waals surface area contributed by atoms with E-state index in [2.05, 4.69) is 4.98 Å². The maximum absolute atomic E-state index is 12.6. The fourth-order valence-electron chi connectivity index (χ4n) is 2.95. The zero-order valence-corrected chi connectivity index (χ0v) is 13.1. The average molecular weight is 350 g/mol. The first kappa shape index (κ1) is 16.7. The number of halogens is 3. The van der Waals surface area contributed by atoms with E-state index in [1.54, 1.807) is 4.90 Å². The van der Waals surface area contributed by atoms with Crippen LogP contribution in [0.15, 0.2) is 5.38 Å². The van der Waals surface area contributed by atoms with Gasteiger partial charge in [0.1, 0.15) is 0 Å². The third kappa shape index (κ3) is 3.36. The summed E-state index contributed by atoms with van der Waals surface area (Å²) in [6.45, 7) is 1.19. The molecule has 2 aliphatic rings. The predicted octanol–water partition coefficient (Wildman–Crippen LogP) is 2.02. The quantitative estimate of drug-likeness (QED) is 0.886. The number of aromatic nitrogens is 1. The second-order valence-corrected chi connectivity index (χ2v) is 6.86. The number of hydrogen-bond donors (Lipinski definition) is 1. The molecular weight excluding hydrogens is 333 g/mol. The molecule has 1 aromatic heterocycles. The van der Waals surface area contributed by atoms with Gasteiger partial charge in [-0.3, -0.25) is 4.79 Å². The molecule has 23 heavy (non-hydrogen) atoms. The zero-order chi connectivity index (χ0) is 16.7. The van der Waals surface area contributed by atoms with Gasteiger partial charge in [-0.1, -0.05) is 0 Å². The number of likely N-dealkylation sites (tertiary alicyclic amines) is 1. The Labute approximate surface area is 135 Å². The van der Waals surface area contributed by atoms with E-state index < -0.39 is 17.5 Å². The smallest absolute Gasteiger partial charge is 0.378 e. The summed E-state index contributed by atoms with van der Waals surface area (Å²) in [6.07, 6.45) is -3.04. The van der Waals surface area contributed by atoms with Crippen LogP contribution >= 0.6 is 11.3 Å². The lowest BCUT2D eigenvalue weighted by molar-refractivity contribution is -0.152.